The summed E-state index contributed by atoms with van der Waals surface area (Å²) in [5, 5.41) is 3.13. The molecule has 1 N–H and O–H groups in total. The number of rotatable bonds is 5. The smallest absolute Gasteiger partial charge is 0.387 e. The minimum Gasteiger partial charge on any atom is -0.433 e. The molecule has 1 aromatic heterocycles. The van der Waals surface area contributed by atoms with Crippen molar-refractivity contribution in [3.63, 3.8) is 0 Å². The molecule has 1 atom stereocenters. The fraction of sp³-hybridized carbons (Fsp3) is 0.214. The fourth-order valence-electron chi connectivity index (χ4n) is 1.73. The van der Waals surface area contributed by atoms with Gasteiger partial charge in [-0.05, 0) is 30.7 Å². The molecule has 0 spiro atoms. The van der Waals surface area contributed by atoms with Crippen molar-refractivity contribution in [2.24, 2.45) is 0 Å². The molecule has 3 nitrogen and oxygen atoms in total. The lowest BCUT2D eigenvalue weighted by atomic mass is 10.1. The van der Waals surface area contributed by atoms with E-state index in [0.29, 0.717) is 5.69 Å². The van der Waals surface area contributed by atoms with Gasteiger partial charge in [0.15, 0.2) is 0 Å². The van der Waals surface area contributed by atoms with E-state index in [2.05, 4.69) is 15.0 Å². The van der Waals surface area contributed by atoms with Gasteiger partial charge >= 0.3 is 6.61 Å². The molecule has 19 heavy (non-hydrogen) atoms. The summed E-state index contributed by atoms with van der Waals surface area (Å²) in [4.78, 5) is 4.03. The summed E-state index contributed by atoms with van der Waals surface area (Å²) in [5.74, 6) is 0.133. The van der Waals surface area contributed by atoms with Gasteiger partial charge in [-0.25, -0.2) is 0 Å². The van der Waals surface area contributed by atoms with E-state index in [9.17, 15) is 8.78 Å². The molecule has 1 unspecified atom stereocenters. The van der Waals surface area contributed by atoms with Crippen molar-refractivity contribution in [2.75, 3.05) is 5.32 Å². The minimum absolute atomic E-state index is 0.0591. The summed E-state index contributed by atoms with van der Waals surface area (Å²) in [6, 6.07) is 10.3. The lowest BCUT2D eigenvalue weighted by molar-refractivity contribution is -0.0493. The molecule has 5 heteroatoms. The van der Waals surface area contributed by atoms with Crippen LogP contribution in [0.3, 0.4) is 0 Å². The average Bonchev–Trinajstić information content (AvgIpc) is 2.41. The van der Waals surface area contributed by atoms with Gasteiger partial charge < -0.3 is 10.1 Å². The molecule has 0 aliphatic carbocycles. The van der Waals surface area contributed by atoms with Gasteiger partial charge in [0.1, 0.15) is 5.75 Å². The number of hydrogen-bond donors (Lipinski definition) is 1. The van der Waals surface area contributed by atoms with Crippen LogP contribution in [-0.2, 0) is 0 Å². The van der Waals surface area contributed by atoms with E-state index in [1.165, 1.54) is 6.07 Å². The molecular weight excluding hydrogens is 250 g/mol. The Kier molecular flexibility index (Phi) is 4.28. The lowest BCUT2D eigenvalue weighted by Crippen LogP contribution is -2.10. The highest BCUT2D eigenvalue weighted by Gasteiger charge is 2.11. The molecule has 100 valence electrons. The van der Waals surface area contributed by atoms with Crippen LogP contribution in [0.15, 0.2) is 48.8 Å². The maximum absolute atomic E-state index is 12.3. The Bertz CT molecular complexity index is 520. The van der Waals surface area contributed by atoms with E-state index >= 15 is 0 Å². The molecule has 0 amide bonds. The summed E-state index contributed by atoms with van der Waals surface area (Å²) in [6.45, 7) is -0.910. The zero-order chi connectivity index (χ0) is 13.7. The summed E-state index contributed by atoms with van der Waals surface area (Å²) in [5.41, 5.74) is 1.49. The first kappa shape index (κ1) is 13.3. The molecule has 0 aliphatic heterocycles. The summed E-state index contributed by atoms with van der Waals surface area (Å²) in [6.07, 6.45) is 3.42. The molecule has 2 rings (SSSR count). The van der Waals surface area contributed by atoms with Crippen molar-refractivity contribution in [2.45, 2.75) is 19.6 Å². The minimum atomic E-state index is -2.84. The van der Waals surface area contributed by atoms with Gasteiger partial charge in [0.25, 0.3) is 0 Å². The molecule has 1 heterocycles. The third-order valence-electron chi connectivity index (χ3n) is 2.66. The van der Waals surface area contributed by atoms with E-state index in [4.69, 9.17) is 0 Å². The van der Waals surface area contributed by atoms with Crippen molar-refractivity contribution < 1.29 is 13.5 Å². The third kappa shape index (κ3) is 3.64. The van der Waals surface area contributed by atoms with Crippen LogP contribution in [-0.4, -0.2) is 11.6 Å². The van der Waals surface area contributed by atoms with Crippen molar-refractivity contribution in [3.8, 4) is 5.75 Å². The maximum Gasteiger partial charge on any atom is 0.387 e. The van der Waals surface area contributed by atoms with Crippen LogP contribution < -0.4 is 10.1 Å². The first-order valence-corrected chi connectivity index (χ1v) is 5.87. The molecule has 0 fully saturated rings. The Hall–Kier alpha value is -2.17. The number of halogens is 2. The quantitative estimate of drug-likeness (QED) is 0.890. The van der Waals surface area contributed by atoms with Gasteiger partial charge in [-0.2, -0.15) is 8.78 Å². The highest BCUT2D eigenvalue weighted by Crippen LogP contribution is 2.28. The number of nitrogens with one attached hydrogen (secondary N) is 1. The summed E-state index contributed by atoms with van der Waals surface area (Å²) in [7, 11) is 0. The summed E-state index contributed by atoms with van der Waals surface area (Å²) < 4.78 is 29.1. The highest BCUT2D eigenvalue weighted by molar-refractivity contribution is 5.57. The van der Waals surface area contributed by atoms with Gasteiger partial charge in [-0.1, -0.05) is 18.2 Å². The Morgan fingerprint density at radius 2 is 1.95 bits per heavy atom. The zero-order valence-electron chi connectivity index (χ0n) is 10.4. The molecule has 0 saturated heterocycles. The predicted molar refractivity (Wildman–Crippen MR) is 69.3 cm³/mol. The number of alkyl halides is 2. The molecule has 0 radical (unpaired) electrons. The fourth-order valence-corrected chi connectivity index (χ4v) is 1.73. The molecule has 0 aliphatic rings. The topological polar surface area (TPSA) is 34.1 Å². The second kappa shape index (κ2) is 6.13. The Balaban J connectivity index is 2.15. The maximum atomic E-state index is 12.3. The summed E-state index contributed by atoms with van der Waals surface area (Å²) >= 11 is 0. The number of hydrogen-bond acceptors (Lipinski definition) is 3. The Morgan fingerprint density at radius 3 is 2.63 bits per heavy atom. The number of aromatic nitrogens is 1. The number of pyridine rings is 1. The largest absolute Gasteiger partial charge is 0.433 e. The van der Waals surface area contributed by atoms with Crippen LogP contribution in [0.25, 0.3) is 0 Å². The highest BCUT2D eigenvalue weighted by atomic mass is 19.3. The van der Waals surface area contributed by atoms with Crippen molar-refractivity contribution in [1.82, 2.24) is 4.98 Å². The second-order valence-electron chi connectivity index (χ2n) is 4.03. The Labute approximate surface area is 110 Å². The molecular formula is C14H14F2N2O. The van der Waals surface area contributed by atoms with E-state index in [0.717, 1.165) is 5.56 Å². The Morgan fingerprint density at radius 1 is 1.16 bits per heavy atom. The standard InChI is InChI=1S/C14H14F2N2O/c1-10(11-5-4-8-17-9-11)18-12-6-2-3-7-13(12)19-14(15)16/h2-10,14,18H,1H3. The van der Waals surface area contributed by atoms with Gasteiger partial charge in [0.2, 0.25) is 0 Å². The van der Waals surface area contributed by atoms with E-state index in [1.807, 2.05) is 19.1 Å². The second-order valence-corrected chi connectivity index (χ2v) is 4.03. The van der Waals surface area contributed by atoms with Crippen LogP contribution in [0.5, 0.6) is 5.75 Å². The molecule has 0 bridgehead atoms. The monoisotopic (exact) mass is 264 g/mol. The zero-order valence-corrected chi connectivity index (χ0v) is 10.4. The normalized spacial score (nSPS) is 12.2. The predicted octanol–water partition coefficient (Wildman–Crippen LogP) is 3.86. The molecule has 2 aromatic rings. The van der Waals surface area contributed by atoms with Crippen LogP contribution in [0.1, 0.15) is 18.5 Å². The number of anilines is 1. The van der Waals surface area contributed by atoms with E-state index in [1.54, 1.807) is 30.6 Å². The lowest BCUT2D eigenvalue weighted by Gasteiger charge is -2.18. The van der Waals surface area contributed by atoms with Crippen molar-refractivity contribution in [3.05, 3.63) is 54.4 Å². The van der Waals surface area contributed by atoms with Gasteiger partial charge in [0, 0.05) is 12.4 Å². The number of benzene rings is 1. The SMILES string of the molecule is CC(Nc1ccccc1OC(F)F)c1cccnc1. The third-order valence-corrected chi connectivity index (χ3v) is 2.66. The van der Waals surface area contributed by atoms with Crippen LogP contribution in [0.2, 0.25) is 0 Å². The number of nitrogens with zero attached hydrogens (tertiary/aromatic N) is 1. The van der Waals surface area contributed by atoms with Crippen LogP contribution in [0, 0.1) is 0 Å². The van der Waals surface area contributed by atoms with Gasteiger partial charge in [-0.3, -0.25) is 4.98 Å². The average molecular weight is 264 g/mol. The van der Waals surface area contributed by atoms with E-state index in [-0.39, 0.29) is 11.8 Å². The van der Waals surface area contributed by atoms with Crippen LogP contribution >= 0.6 is 0 Å². The van der Waals surface area contributed by atoms with Crippen molar-refractivity contribution >= 4 is 5.69 Å². The number of para-hydroxylation sites is 2. The molecule has 1 aromatic carbocycles. The van der Waals surface area contributed by atoms with Gasteiger partial charge in [0.05, 0.1) is 11.7 Å². The first-order chi connectivity index (χ1) is 9.16. The van der Waals surface area contributed by atoms with Crippen molar-refractivity contribution in [1.29, 1.82) is 0 Å². The van der Waals surface area contributed by atoms with E-state index < -0.39 is 6.61 Å². The first-order valence-electron chi connectivity index (χ1n) is 5.87. The number of ether oxygens (including phenoxy) is 1. The molecule has 0 saturated carbocycles. The van der Waals surface area contributed by atoms with Crippen LogP contribution in [0.4, 0.5) is 14.5 Å². The van der Waals surface area contributed by atoms with Gasteiger partial charge in [-0.15, -0.1) is 0 Å².